The number of hydrogen-bond donors (Lipinski definition) is 3. The fourth-order valence-electron chi connectivity index (χ4n) is 1.63. The number of amides is 1. The summed E-state index contributed by atoms with van der Waals surface area (Å²) in [4.78, 5) is 12.0. The van der Waals surface area contributed by atoms with E-state index < -0.39 is 0 Å². The van der Waals surface area contributed by atoms with Gasteiger partial charge >= 0.3 is 0 Å². The van der Waals surface area contributed by atoms with Crippen molar-refractivity contribution in [2.75, 3.05) is 11.5 Å². The number of hydrogen-bond acceptors (Lipinski definition) is 3. The Kier molecular flexibility index (Phi) is 3.92. The summed E-state index contributed by atoms with van der Waals surface area (Å²) < 4.78 is 0. The fraction of sp³-hybridized carbons (Fsp3) is 0.0714. The zero-order valence-corrected chi connectivity index (χ0v) is 10.9. The van der Waals surface area contributed by atoms with Crippen molar-refractivity contribution >= 4 is 28.9 Å². The van der Waals surface area contributed by atoms with Crippen molar-refractivity contribution in [3.05, 3.63) is 58.6 Å². The number of anilines is 2. The molecule has 0 unspecified atom stereocenters. The van der Waals surface area contributed by atoms with Crippen molar-refractivity contribution in [3.63, 3.8) is 0 Å². The minimum atomic E-state index is -0.255. The van der Waals surface area contributed by atoms with E-state index >= 15 is 0 Å². The van der Waals surface area contributed by atoms with E-state index in [-0.39, 0.29) is 5.91 Å². The fourth-order valence-corrected chi connectivity index (χ4v) is 1.83. The van der Waals surface area contributed by atoms with Crippen LogP contribution in [0.25, 0.3) is 0 Å². The predicted octanol–water partition coefficient (Wildman–Crippen LogP) is 2.43. The Bertz CT molecular complexity index is 596. The number of nitrogens with one attached hydrogen (secondary N) is 1. The predicted molar refractivity (Wildman–Crippen MR) is 77.9 cm³/mol. The molecule has 0 aliphatic carbocycles. The first-order valence-corrected chi connectivity index (χ1v) is 6.11. The second-order valence-electron chi connectivity index (χ2n) is 4.16. The van der Waals surface area contributed by atoms with Crippen molar-refractivity contribution in [3.8, 4) is 0 Å². The summed E-state index contributed by atoms with van der Waals surface area (Å²) in [6.07, 6.45) is 0. The standard InChI is InChI=1S/C14H14ClN3O/c15-13-6-5-11(17)7-12(13)14(19)18-8-9-1-3-10(16)4-2-9/h1-7H,8,16-17H2,(H,18,19). The molecule has 0 radical (unpaired) electrons. The lowest BCUT2D eigenvalue weighted by atomic mass is 10.1. The van der Waals surface area contributed by atoms with E-state index in [4.69, 9.17) is 23.1 Å². The van der Waals surface area contributed by atoms with Crippen molar-refractivity contribution in [2.45, 2.75) is 6.54 Å². The lowest BCUT2D eigenvalue weighted by Gasteiger charge is -2.08. The average Bonchev–Trinajstić information content (AvgIpc) is 2.40. The van der Waals surface area contributed by atoms with Crippen molar-refractivity contribution in [1.29, 1.82) is 0 Å². The summed E-state index contributed by atoms with van der Waals surface area (Å²) in [5, 5.41) is 3.16. The number of benzene rings is 2. The van der Waals surface area contributed by atoms with Gasteiger partial charge in [-0.3, -0.25) is 4.79 Å². The van der Waals surface area contributed by atoms with E-state index in [1.54, 1.807) is 30.3 Å². The SMILES string of the molecule is Nc1ccc(CNC(=O)c2cc(N)ccc2Cl)cc1. The van der Waals surface area contributed by atoms with Crippen LogP contribution < -0.4 is 16.8 Å². The van der Waals surface area contributed by atoms with Gasteiger partial charge in [0, 0.05) is 17.9 Å². The van der Waals surface area contributed by atoms with Gasteiger partial charge in [-0.15, -0.1) is 0 Å². The van der Waals surface area contributed by atoms with Crippen LogP contribution in [0, 0.1) is 0 Å². The molecule has 0 spiro atoms. The minimum absolute atomic E-state index is 0.255. The molecule has 5 heteroatoms. The summed E-state index contributed by atoms with van der Waals surface area (Å²) >= 11 is 5.96. The molecule has 4 nitrogen and oxygen atoms in total. The van der Waals surface area contributed by atoms with Crippen LogP contribution in [0.4, 0.5) is 11.4 Å². The van der Waals surface area contributed by atoms with Gasteiger partial charge in [-0.25, -0.2) is 0 Å². The molecule has 2 aromatic carbocycles. The summed E-state index contributed by atoms with van der Waals surface area (Å²) in [7, 11) is 0. The number of rotatable bonds is 3. The molecular formula is C14H14ClN3O. The van der Waals surface area contributed by atoms with E-state index in [0.717, 1.165) is 5.56 Å². The van der Waals surface area contributed by atoms with Crippen molar-refractivity contribution in [1.82, 2.24) is 5.32 Å². The minimum Gasteiger partial charge on any atom is -0.399 e. The molecule has 0 aliphatic rings. The highest BCUT2D eigenvalue weighted by atomic mass is 35.5. The molecule has 0 aliphatic heterocycles. The lowest BCUT2D eigenvalue weighted by molar-refractivity contribution is 0.0951. The first kappa shape index (κ1) is 13.2. The van der Waals surface area contributed by atoms with Gasteiger partial charge in [-0.2, -0.15) is 0 Å². The van der Waals surface area contributed by atoms with Crippen LogP contribution in [0.5, 0.6) is 0 Å². The molecule has 0 saturated heterocycles. The molecule has 98 valence electrons. The number of carbonyl (C=O) groups is 1. The molecule has 2 rings (SSSR count). The molecule has 1 amide bonds. The third-order valence-electron chi connectivity index (χ3n) is 2.67. The molecule has 0 saturated carbocycles. The Balaban J connectivity index is 2.05. The lowest BCUT2D eigenvalue weighted by Crippen LogP contribution is -2.23. The van der Waals surface area contributed by atoms with Crippen LogP contribution >= 0.6 is 11.6 Å². The van der Waals surface area contributed by atoms with Crippen molar-refractivity contribution in [2.24, 2.45) is 0 Å². The van der Waals surface area contributed by atoms with Gasteiger partial charge in [0.05, 0.1) is 10.6 Å². The maximum atomic E-state index is 12.0. The number of nitrogen functional groups attached to an aromatic ring is 2. The van der Waals surface area contributed by atoms with E-state index in [9.17, 15) is 4.79 Å². The summed E-state index contributed by atoms with van der Waals surface area (Å²) in [6.45, 7) is 0.407. The summed E-state index contributed by atoms with van der Waals surface area (Å²) in [5.74, 6) is -0.255. The molecule has 0 aromatic heterocycles. The van der Waals surface area contributed by atoms with Gasteiger partial charge in [0.15, 0.2) is 0 Å². The van der Waals surface area contributed by atoms with Gasteiger partial charge in [0.25, 0.3) is 5.91 Å². The van der Waals surface area contributed by atoms with E-state index in [2.05, 4.69) is 5.32 Å². The largest absolute Gasteiger partial charge is 0.399 e. The van der Waals surface area contributed by atoms with Gasteiger partial charge in [-0.1, -0.05) is 23.7 Å². The van der Waals surface area contributed by atoms with Crippen LogP contribution in [-0.4, -0.2) is 5.91 Å². The highest BCUT2D eigenvalue weighted by Gasteiger charge is 2.10. The molecule has 0 atom stereocenters. The highest BCUT2D eigenvalue weighted by molar-refractivity contribution is 6.34. The smallest absolute Gasteiger partial charge is 0.253 e. The number of nitrogens with two attached hydrogens (primary N) is 2. The Morgan fingerprint density at radius 1 is 1.05 bits per heavy atom. The average molecular weight is 276 g/mol. The van der Waals surface area contributed by atoms with Crippen LogP contribution in [0.1, 0.15) is 15.9 Å². The maximum Gasteiger partial charge on any atom is 0.253 e. The normalized spacial score (nSPS) is 10.2. The molecule has 0 heterocycles. The Morgan fingerprint density at radius 2 is 1.68 bits per heavy atom. The molecule has 2 aromatic rings. The molecule has 0 bridgehead atoms. The zero-order valence-electron chi connectivity index (χ0n) is 10.2. The Labute approximate surface area is 116 Å². The third-order valence-corrected chi connectivity index (χ3v) is 3.00. The van der Waals surface area contributed by atoms with Gasteiger partial charge in [0.2, 0.25) is 0 Å². The molecular weight excluding hydrogens is 262 g/mol. The first-order chi connectivity index (χ1) is 9.06. The molecule has 0 fully saturated rings. The highest BCUT2D eigenvalue weighted by Crippen LogP contribution is 2.18. The maximum absolute atomic E-state index is 12.0. The van der Waals surface area contributed by atoms with E-state index in [1.165, 1.54) is 0 Å². The molecule has 5 N–H and O–H groups in total. The van der Waals surface area contributed by atoms with Gasteiger partial charge < -0.3 is 16.8 Å². The third kappa shape index (κ3) is 3.39. The molecule has 19 heavy (non-hydrogen) atoms. The summed E-state index contributed by atoms with van der Waals surface area (Å²) in [5.41, 5.74) is 13.8. The van der Waals surface area contributed by atoms with Crippen LogP contribution in [0.2, 0.25) is 5.02 Å². The first-order valence-electron chi connectivity index (χ1n) is 5.74. The quantitative estimate of drug-likeness (QED) is 0.753. The van der Waals surface area contributed by atoms with E-state index in [1.807, 2.05) is 12.1 Å². The Morgan fingerprint density at radius 3 is 2.37 bits per heavy atom. The van der Waals surface area contributed by atoms with Crippen LogP contribution in [-0.2, 0) is 6.54 Å². The van der Waals surface area contributed by atoms with Crippen molar-refractivity contribution < 1.29 is 4.79 Å². The Hall–Kier alpha value is -2.20. The van der Waals surface area contributed by atoms with Gasteiger partial charge in [-0.05, 0) is 35.9 Å². The topological polar surface area (TPSA) is 81.1 Å². The number of halogens is 1. The second kappa shape index (κ2) is 5.63. The monoisotopic (exact) mass is 275 g/mol. The number of carbonyl (C=O) groups excluding carboxylic acids is 1. The van der Waals surface area contributed by atoms with Crippen LogP contribution in [0.3, 0.4) is 0 Å². The second-order valence-corrected chi connectivity index (χ2v) is 4.57. The van der Waals surface area contributed by atoms with E-state index in [0.29, 0.717) is 28.5 Å². The van der Waals surface area contributed by atoms with Gasteiger partial charge in [0.1, 0.15) is 0 Å². The zero-order chi connectivity index (χ0) is 13.8. The van der Waals surface area contributed by atoms with Crippen LogP contribution in [0.15, 0.2) is 42.5 Å². The summed E-state index contributed by atoms with van der Waals surface area (Å²) in [6, 6.07) is 12.1.